The van der Waals surface area contributed by atoms with Crippen LogP contribution in [0.5, 0.6) is 11.5 Å². The summed E-state index contributed by atoms with van der Waals surface area (Å²) < 4.78 is 12.1. The van der Waals surface area contributed by atoms with Gasteiger partial charge in [-0.2, -0.15) is 5.10 Å². The third-order valence-electron chi connectivity index (χ3n) is 5.90. The summed E-state index contributed by atoms with van der Waals surface area (Å²) in [4.78, 5) is 29.1. The van der Waals surface area contributed by atoms with Gasteiger partial charge in [0.2, 0.25) is 12.7 Å². The first kappa shape index (κ1) is 21.3. The predicted molar refractivity (Wildman–Crippen MR) is 125 cm³/mol. The number of rotatable bonds is 5. The lowest BCUT2D eigenvalue weighted by atomic mass is 10.1. The van der Waals surface area contributed by atoms with Crippen LogP contribution in [0.4, 0.5) is 5.69 Å². The normalized spacial score (nSPS) is 15.1. The lowest BCUT2D eigenvalue weighted by molar-refractivity contribution is -0.131. The first-order chi connectivity index (χ1) is 16.1. The van der Waals surface area contributed by atoms with Gasteiger partial charge < -0.3 is 19.3 Å². The van der Waals surface area contributed by atoms with E-state index in [1.807, 2.05) is 47.4 Å². The molecule has 0 aliphatic carbocycles. The number of carbonyl (C=O) groups is 1. The average Bonchev–Trinajstić information content (AvgIpc) is 3.32. The standard InChI is InChI=1S/C24H23ClN4O4/c25-18-3-1-2-4-20(18)27-11-13-28(14-12-27)23(30)9-10-29-24(31)8-6-19(26-29)17-5-7-21-22(15-17)33-16-32-21/h1-8,15H,9-14,16H2. The summed E-state index contributed by atoms with van der Waals surface area (Å²) >= 11 is 6.30. The van der Waals surface area contributed by atoms with E-state index in [0.717, 1.165) is 11.3 Å². The number of aryl methyl sites for hydroxylation is 1. The Balaban J connectivity index is 1.21. The number of para-hydroxylation sites is 1. The van der Waals surface area contributed by atoms with E-state index in [4.69, 9.17) is 21.1 Å². The molecular formula is C24H23ClN4O4. The molecule has 1 aromatic heterocycles. The van der Waals surface area contributed by atoms with Crippen molar-refractivity contribution in [2.24, 2.45) is 0 Å². The zero-order valence-electron chi connectivity index (χ0n) is 17.9. The molecule has 1 amide bonds. The summed E-state index contributed by atoms with van der Waals surface area (Å²) in [6, 6.07) is 16.4. The molecule has 170 valence electrons. The second-order valence-electron chi connectivity index (χ2n) is 7.92. The molecule has 1 saturated heterocycles. The zero-order chi connectivity index (χ0) is 22.8. The molecule has 0 radical (unpaired) electrons. The molecule has 0 atom stereocenters. The third kappa shape index (κ3) is 4.52. The van der Waals surface area contributed by atoms with Crippen LogP contribution in [0.3, 0.4) is 0 Å². The molecule has 33 heavy (non-hydrogen) atoms. The van der Waals surface area contributed by atoms with Crippen molar-refractivity contribution in [3.63, 3.8) is 0 Å². The van der Waals surface area contributed by atoms with Crippen LogP contribution in [-0.2, 0) is 11.3 Å². The van der Waals surface area contributed by atoms with E-state index in [2.05, 4.69) is 10.00 Å². The van der Waals surface area contributed by atoms with Crippen molar-refractivity contribution in [3.8, 4) is 22.8 Å². The minimum Gasteiger partial charge on any atom is -0.454 e. The molecule has 1 fully saturated rings. The molecular weight excluding hydrogens is 444 g/mol. The first-order valence-electron chi connectivity index (χ1n) is 10.8. The number of nitrogens with zero attached hydrogens (tertiary/aromatic N) is 4. The summed E-state index contributed by atoms with van der Waals surface area (Å²) in [5.41, 5.74) is 2.20. The minimum atomic E-state index is -0.240. The Morgan fingerprint density at radius 1 is 0.970 bits per heavy atom. The van der Waals surface area contributed by atoms with Crippen LogP contribution in [-0.4, -0.2) is 53.6 Å². The molecule has 0 unspecified atom stereocenters. The number of hydrogen-bond donors (Lipinski definition) is 0. The number of halogens is 1. The van der Waals surface area contributed by atoms with Gasteiger partial charge in [-0.25, -0.2) is 4.68 Å². The number of benzene rings is 2. The highest BCUT2D eigenvalue weighted by molar-refractivity contribution is 6.33. The Bertz CT molecular complexity index is 1240. The highest BCUT2D eigenvalue weighted by atomic mass is 35.5. The number of piperazine rings is 1. The quantitative estimate of drug-likeness (QED) is 0.575. The van der Waals surface area contributed by atoms with E-state index in [-0.39, 0.29) is 31.2 Å². The molecule has 0 N–H and O–H groups in total. The fourth-order valence-corrected chi connectivity index (χ4v) is 4.34. The van der Waals surface area contributed by atoms with Crippen molar-refractivity contribution >= 4 is 23.2 Å². The van der Waals surface area contributed by atoms with Gasteiger partial charge in [0.1, 0.15) is 0 Å². The molecule has 3 aromatic rings. The van der Waals surface area contributed by atoms with Crippen LogP contribution in [0.15, 0.2) is 59.4 Å². The van der Waals surface area contributed by atoms with E-state index in [1.54, 1.807) is 6.07 Å². The SMILES string of the molecule is O=C(CCn1nc(-c2ccc3c(c2)OCO3)ccc1=O)N1CCN(c2ccccc2Cl)CC1. The highest BCUT2D eigenvalue weighted by Gasteiger charge is 2.22. The van der Waals surface area contributed by atoms with E-state index >= 15 is 0 Å². The fraction of sp³-hybridized carbons (Fsp3) is 0.292. The van der Waals surface area contributed by atoms with Crippen molar-refractivity contribution < 1.29 is 14.3 Å². The van der Waals surface area contributed by atoms with Gasteiger partial charge in [-0.1, -0.05) is 23.7 Å². The first-order valence-corrected chi connectivity index (χ1v) is 11.2. The molecule has 3 heterocycles. The van der Waals surface area contributed by atoms with Gasteiger partial charge in [0.05, 0.1) is 22.9 Å². The predicted octanol–water partition coefficient (Wildman–Crippen LogP) is 3.03. The van der Waals surface area contributed by atoms with E-state index < -0.39 is 0 Å². The molecule has 8 nitrogen and oxygen atoms in total. The Morgan fingerprint density at radius 2 is 1.76 bits per heavy atom. The van der Waals surface area contributed by atoms with Gasteiger partial charge in [0.15, 0.2) is 11.5 Å². The lowest BCUT2D eigenvalue weighted by Gasteiger charge is -2.36. The minimum absolute atomic E-state index is 0.0102. The molecule has 2 aliphatic rings. The molecule has 5 rings (SSSR count). The maximum Gasteiger partial charge on any atom is 0.266 e. The maximum atomic E-state index is 12.8. The Labute approximate surface area is 195 Å². The Hall–Kier alpha value is -3.52. The summed E-state index contributed by atoms with van der Waals surface area (Å²) in [6.45, 7) is 3.08. The number of fused-ring (bicyclic) bond motifs is 1. The number of anilines is 1. The van der Waals surface area contributed by atoms with E-state index in [1.165, 1.54) is 10.7 Å². The second kappa shape index (κ2) is 9.15. The van der Waals surface area contributed by atoms with Gasteiger partial charge in [-0.3, -0.25) is 9.59 Å². The number of aromatic nitrogens is 2. The third-order valence-corrected chi connectivity index (χ3v) is 6.22. The summed E-state index contributed by atoms with van der Waals surface area (Å²) in [5.74, 6) is 1.35. The highest BCUT2D eigenvalue weighted by Crippen LogP contribution is 2.35. The van der Waals surface area contributed by atoms with Crippen LogP contribution in [0.25, 0.3) is 11.3 Å². The van der Waals surface area contributed by atoms with E-state index in [9.17, 15) is 9.59 Å². The van der Waals surface area contributed by atoms with Crippen molar-refractivity contribution in [2.75, 3.05) is 37.9 Å². The van der Waals surface area contributed by atoms with Gasteiger partial charge in [0, 0.05) is 44.2 Å². The van der Waals surface area contributed by atoms with Crippen LogP contribution >= 0.6 is 11.6 Å². The number of amides is 1. The van der Waals surface area contributed by atoms with Crippen LogP contribution in [0.1, 0.15) is 6.42 Å². The van der Waals surface area contributed by atoms with Gasteiger partial charge >= 0.3 is 0 Å². The van der Waals surface area contributed by atoms with Crippen LogP contribution in [0.2, 0.25) is 5.02 Å². The van der Waals surface area contributed by atoms with Crippen LogP contribution < -0.4 is 19.9 Å². The smallest absolute Gasteiger partial charge is 0.266 e. The number of carbonyl (C=O) groups excluding carboxylic acids is 1. The second-order valence-corrected chi connectivity index (χ2v) is 8.32. The zero-order valence-corrected chi connectivity index (χ0v) is 18.7. The summed E-state index contributed by atoms with van der Waals surface area (Å²) in [7, 11) is 0. The Kier molecular flexibility index (Phi) is 5.92. The largest absolute Gasteiger partial charge is 0.454 e. The summed E-state index contributed by atoms with van der Waals surface area (Å²) in [5, 5.41) is 5.17. The lowest BCUT2D eigenvalue weighted by Crippen LogP contribution is -2.49. The van der Waals surface area contributed by atoms with Crippen LogP contribution in [0, 0.1) is 0 Å². The van der Waals surface area contributed by atoms with Crippen molar-refractivity contribution in [3.05, 3.63) is 70.0 Å². The van der Waals surface area contributed by atoms with E-state index in [0.29, 0.717) is 48.4 Å². The topological polar surface area (TPSA) is 76.9 Å². The van der Waals surface area contributed by atoms with Gasteiger partial charge in [-0.15, -0.1) is 0 Å². The number of ether oxygens (including phenoxy) is 2. The summed E-state index contributed by atoms with van der Waals surface area (Å²) in [6.07, 6.45) is 0.212. The van der Waals surface area contributed by atoms with Crippen molar-refractivity contribution in [2.45, 2.75) is 13.0 Å². The molecule has 9 heteroatoms. The number of hydrogen-bond acceptors (Lipinski definition) is 6. The Morgan fingerprint density at radius 3 is 2.58 bits per heavy atom. The van der Waals surface area contributed by atoms with Crippen molar-refractivity contribution in [1.29, 1.82) is 0 Å². The fourth-order valence-electron chi connectivity index (χ4n) is 4.08. The van der Waals surface area contributed by atoms with Gasteiger partial charge in [0.25, 0.3) is 5.56 Å². The molecule has 0 bridgehead atoms. The molecule has 0 saturated carbocycles. The van der Waals surface area contributed by atoms with Gasteiger partial charge in [-0.05, 0) is 36.4 Å². The monoisotopic (exact) mass is 466 g/mol. The maximum absolute atomic E-state index is 12.8. The van der Waals surface area contributed by atoms with Crippen molar-refractivity contribution in [1.82, 2.24) is 14.7 Å². The molecule has 2 aliphatic heterocycles. The molecule has 0 spiro atoms. The molecule has 2 aromatic carbocycles. The average molecular weight is 467 g/mol.